The Morgan fingerprint density at radius 1 is 1.24 bits per heavy atom. The summed E-state index contributed by atoms with van der Waals surface area (Å²) in [5.74, 6) is -3.38. The van der Waals surface area contributed by atoms with Crippen molar-refractivity contribution in [1.82, 2.24) is 29.4 Å². The number of piperidine rings is 1. The van der Waals surface area contributed by atoms with Gasteiger partial charge >= 0.3 is 0 Å². The molecule has 2 aliphatic carbocycles. The van der Waals surface area contributed by atoms with Crippen LogP contribution in [0.1, 0.15) is 45.6 Å². The van der Waals surface area contributed by atoms with Crippen LogP contribution in [0.25, 0.3) is 0 Å². The number of amides is 1. The van der Waals surface area contributed by atoms with Crippen molar-refractivity contribution < 1.29 is 18.7 Å². The maximum absolute atomic E-state index is 13.5. The Kier molecular flexibility index (Phi) is 4.73. The number of carbonyl (C=O) groups is 1. The summed E-state index contributed by atoms with van der Waals surface area (Å²) in [6.07, 6.45) is 6.68. The highest BCUT2D eigenvalue weighted by Crippen LogP contribution is 2.59. The number of carbonyl (C=O) groups excluding carboxylic acids is 1. The molecule has 11 heteroatoms. The fourth-order valence-electron chi connectivity index (χ4n) is 5.29. The first kappa shape index (κ1) is 21.2. The van der Waals surface area contributed by atoms with Crippen molar-refractivity contribution in [3.63, 3.8) is 0 Å². The number of halogens is 2. The van der Waals surface area contributed by atoms with Crippen LogP contribution in [0.15, 0.2) is 31.0 Å². The van der Waals surface area contributed by atoms with Gasteiger partial charge in [-0.3, -0.25) is 4.79 Å². The Bertz CT molecular complexity index is 1260. The second-order valence-corrected chi connectivity index (χ2v) is 9.41. The van der Waals surface area contributed by atoms with Gasteiger partial charge in [0.2, 0.25) is 0 Å². The molecule has 0 radical (unpaired) electrons. The molecular weight excluding hydrogens is 444 g/mol. The first-order chi connectivity index (χ1) is 16.3. The Hall–Kier alpha value is -3.34. The molecule has 1 aliphatic heterocycles. The lowest BCUT2D eigenvalue weighted by molar-refractivity contribution is 0.0796. The monoisotopic (exact) mass is 469 g/mol. The van der Waals surface area contributed by atoms with E-state index in [2.05, 4.69) is 20.3 Å². The predicted molar refractivity (Wildman–Crippen MR) is 117 cm³/mol. The van der Waals surface area contributed by atoms with Gasteiger partial charge in [-0.15, -0.1) is 0 Å². The van der Waals surface area contributed by atoms with Gasteiger partial charge in [-0.05, 0) is 24.5 Å². The number of aliphatic hydroxyl groups is 1. The number of nitrogens with zero attached hydrogens (tertiary/aromatic N) is 6. The summed E-state index contributed by atoms with van der Waals surface area (Å²) in [7, 11) is 1.95. The van der Waals surface area contributed by atoms with Gasteiger partial charge in [0.15, 0.2) is 0 Å². The average molecular weight is 469 g/mol. The van der Waals surface area contributed by atoms with E-state index in [0.717, 1.165) is 29.8 Å². The van der Waals surface area contributed by atoms with Gasteiger partial charge in [0.1, 0.15) is 11.5 Å². The third kappa shape index (κ3) is 3.37. The number of alkyl halides is 2. The minimum Gasteiger partial charge on any atom is -0.390 e. The molecular formula is C23H25F2N7O2. The third-order valence-electron chi connectivity index (χ3n) is 7.34. The van der Waals surface area contributed by atoms with Gasteiger partial charge < -0.3 is 24.5 Å². The predicted octanol–water partition coefficient (Wildman–Crippen LogP) is 1.67. The molecule has 1 amide bonds. The zero-order valence-electron chi connectivity index (χ0n) is 18.7. The zero-order chi connectivity index (χ0) is 23.6. The number of fused-ring (bicyclic) bond motifs is 2. The summed E-state index contributed by atoms with van der Waals surface area (Å²) in [6.45, 7) is 0.683. The maximum atomic E-state index is 13.5. The molecule has 1 saturated heterocycles. The van der Waals surface area contributed by atoms with Crippen LogP contribution in [0, 0.1) is 11.8 Å². The van der Waals surface area contributed by atoms with Gasteiger partial charge in [-0.25, -0.2) is 23.7 Å². The van der Waals surface area contributed by atoms with Crippen molar-refractivity contribution in [3.8, 4) is 0 Å². The summed E-state index contributed by atoms with van der Waals surface area (Å²) in [6, 6.07) is 3.52. The van der Waals surface area contributed by atoms with Gasteiger partial charge in [-0.1, -0.05) is 6.07 Å². The molecule has 6 rings (SSSR count). The first-order valence-electron chi connectivity index (χ1n) is 11.4. The van der Waals surface area contributed by atoms with Crippen LogP contribution < -0.4 is 10.2 Å². The number of nitrogens with one attached hydrogen (secondary N) is 1. The maximum Gasteiger partial charge on any atom is 0.272 e. The van der Waals surface area contributed by atoms with E-state index >= 15 is 0 Å². The number of anilines is 1. The Balaban J connectivity index is 1.12. The molecule has 3 atom stereocenters. The number of aliphatic hydroxyl groups excluding tert-OH is 1. The molecule has 4 heterocycles. The normalized spacial score (nSPS) is 24.2. The van der Waals surface area contributed by atoms with Gasteiger partial charge in [0, 0.05) is 32.0 Å². The Morgan fingerprint density at radius 3 is 2.79 bits per heavy atom. The number of aromatic nitrogens is 5. The molecule has 0 bridgehead atoms. The third-order valence-corrected chi connectivity index (χ3v) is 7.34. The molecule has 2 fully saturated rings. The van der Waals surface area contributed by atoms with E-state index in [1.807, 2.05) is 22.6 Å². The number of pyridine rings is 1. The number of hydrogen-bond donors (Lipinski definition) is 2. The molecule has 3 aromatic rings. The van der Waals surface area contributed by atoms with E-state index in [4.69, 9.17) is 0 Å². The smallest absolute Gasteiger partial charge is 0.272 e. The van der Waals surface area contributed by atoms with Crippen LogP contribution in [0.4, 0.5) is 14.6 Å². The highest BCUT2D eigenvalue weighted by molar-refractivity contribution is 5.92. The Labute approximate surface area is 194 Å². The fourth-order valence-corrected chi connectivity index (χ4v) is 5.29. The second kappa shape index (κ2) is 7.59. The highest BCUT2D eigenvalue weighted by atomic mass is 19.3. The van der Waals surface area contributed by atoms with Gasteiger partial charge in [0.25, 0.3) is 11.8 Å². The molecule has 178 valence electrons. The van der Waals surface area contributed by atoms with E-state index < -0.39 is 17.8 Å². The second-order valence-electron chi connectivity index (χ2n) is 9.41. The summed E-state index contributed by atoms with van der Waals surface area (Å²) in [5.41, 5.74) is 3.62. The van der Waals surface area contributed by atoms with E-state index in [9.17, 15) is 18.7 Å². The zero-order valence-corrected chi connectivity index (χ0v) is 18.7. The first-order valence-corrected chi connectivity index (χ1v) is 11.4. The van der Waals surface area contributed by atoms with E-state index in [0.29, 0.717) is 23.8 Å². The number of imidazole rings is 2. The summed E-state index contributed by atoms with van der Waals surface area (Å²) in [4.78, 5) is 27.8. The van der Waals surface area contributed by atoms with Crippen LogP contribution in [0.5, 0.6) is 0 Å². The minimum atomic E-state index is -2.54. The van der Waals surface area contributed by atoms with Crippen molar-refractivity contribution in [3.05, 3.63) is 59.3 Å². The number of rotatable bonds is 6. The number of hydrogen-bond acceptors (Lipinski definition) is 6. The van der Waals surface area contributed by atoms with Crippen LogP contribution in [-0.2, 0) is 26.6 Å². The standard InChI is InChI=1S/C23H25F2N7O2/c1-30-11-27-21-16(3-4-19(21)30)29-22(34)17-9-31(12-26-17)6-13-2-5-20(28-18(13)10-33)32-7-14-15(8-32)23(14,24)25/h2,5,9,11-12,14-16,33H,3-4,6-8,10H2,1H3,(H,29,34)/t14?,15?,16-/m1/s1. The molecule has 1 saturated carbocycles. The molecule has 0 aromatic carbocycles. The lowest BCUT2D eigenvalue weighted by atomic mass is 10.2. The van der Waals surface area contributed by atoms with Gasteiger partial charge in [0.05, 0.1) is 55.1 Å². The topological polar surface area (TPSA) is 101 Å². The van der Waals surface area contributed by atoms with Crippen molar-refractivity contribution in [2.45, 2.75) is 38.0 Å². The SMILES string of the molecule is Cn1cnc2c1CC[C@H]2NC(=O)c1cn(Cc2ccc(N3CC4C(C3)C4(F)F)nc2CO)cn1. The Morgan fingerprint density at radius 2 is 2.03 bits per heavy atom. The average Bonchev–Trinajstić information content (AvgIpc) is 3.46. The van der Waals surface area contributed by atoms with Crippen LogP contribution in [0.2, 0.25) is 0 Å². The largest absolute Gasteiger partial charge is 0.390 e. The molecule has 2 N–H and O–H groups in total. The van der Waals surface area contributed by atoms with Crippen molar-refractivity contribution in [2.24, 2.45) is 18.9 Å². The van der Waals surface area contributed by atoms with Crippen LogP contribution >= 0.6 is 0 Å². The van der Waals surface area contributed by atoms with Gasteiger partial charge in [-0.2, -0.15) is 0 Å². The fraction of sp³-hybridized carbons (Fsp3) is 0.478. The molecule has 9 nitrogen and oxygen atoms in total. The lowest BCUT2D eigenvalue weighted by Crippen LogP contribution is -2.28. The van der Waals surface area contributed by atoms with E-state index in [1.165, 1.54) is 0 Å². The highest BCUT2D eigenvalue weighted by Gasteiger charge is 2.71. The molecule has 3 aromatic heterocycles. The minimum absolute atomic E-state index is 0.122. The van der Waals surface area contributed by atoms with E-state index in [-0.39, 0.29) is 31.6 Å². The molecule has 34 heavy (non-hydrogen) atoms. The lowest BCUT2D eigenvalue weighted by Gasteiger charge is -2.22. The summed E-state index contributed by atoms with van der Waals surface area (Å²) in [5, 5.41) is 12.9. The van der Waals surface area contributed by atoms with Crippen LogP contribution in [-0.4, -0.2) is 54.1 Å². The summed E-state index contributed by atoms with van der Waals surface area (Å²) < 4.78 is 30.7. The number of aryl methyl sites for hydroxylation is 1. The van der Waals surface area contributed by atoms with Crippen molar-refractivity contribution in [2.75, 3.05) is 18.0 Å². The van der Waals surface area contributed by atoms with E-state index in [1.54, 1.807) is 29.5 Å². The molecule has 0 spiro atoms. The van der Waals surface area contributed by atoms with Crippen molar-refractivity contribution >= 4 is 11.7 Å². The molecule has 2 unspecified atom stereocenters. The molecule has 3 aliphatic rings. The van der Waals surface area contributed by atoms with Crippen LogP contribution in [0.3, 0.4) is 0 Å². The quantitative estimate of drug-likeness (QED) is 0.570. The van der Waals surface area contributed by atoms with Crippen molar-refractivity contribution in [1.29, 1.82) is 0 Å². The summed E-state index contributed by atoms with van der Waals surface area (Å²) >= 11 is 0.